The Morgan fingerprint density at radius 3 is 2.62 bits per heavy atom. The van der Waals surface area contributed by atoms with E-state index in [0.29, 0.717) is 6.54 Å². The molecule has 0 bridgehead atoms. The van der Waals surface area contributed by atoms with E-state index in [1.807, 2.05) is 18.7 Å². The number of aliphatic hydroxyl groups excluding tert-OH is 1. The maximum atomic E-state index is 9.50. The molecule has 5 nitrogen and oxygen atoms in total. The number of aliphatic hydroxyl groups is 1. The molecule has 3 N–H and O–H groups in total. The van der Waals surface area contributed by atoms with Crippen molar-refractivity contribution < 1.29 is 5.11 Å². The van der Waals surface area contributed by atoms with Crippen LogP contribution in [0.3, 0.4) is 0 Å². The van der Waals surface area contributed by atoms with E-state index in [9.17, 15) is 5.11 Å². The summed E-state index contributed by atoms with van der Waals surface area (Å²) in [4.78, 5) is 2.27. The summed E-state index contributed by atoms with van der Waals surface area (Å²) >= 11 is 0. The minimum atomic E-state index is -0.146. The van der Waals surface area contributed by atoms with Gasteiger partial charge in [0.05, 0.1) is 11.8 Å². The van der Waals surface area contributed by atoms with Crippen molar-refractivity contribution in [1.29, 1.82) is 0 Å². The molecule has 1 fully saturated rings. The molecule has 0 radical (unpaired) electrons. The van der Waals surface area contributed by atoms with Gasteiger partial charge in [-0.05, 0) is 19.8 Å². The number of aryl methyl sites for hydroxylation is 2. The number of hydrogen-bond acceptors (Lipinski definition) is 4. The second kappa shape index (κ2) is 4.43. The number of piperidine rings is 1. The lowest BCUT2D eigenvalue weighted by Crippen LogP contribution is -2.37. The molecule has 2 rings (SSSR count). The number of aromatic nitrogens is 2. The van der Waals surface area contributed by atoms with E-state index in [-0.39, 0.29) is 6.10 Å². The summed E-state index contributed by atoms with van der Waals surface area (Å²) in [5, 5.41) is 13.9. The standard InChI is InChI=1S/C11H20N4O/c1-8-10(7-12)11(14(2)13-8)15-5-3-9(16)4-6-15/h9,16H,3-7,12H2,1-2H3. The zero-order valence-electron chi connectivity index (χ0n) is 9.98. The number of nitrogens with two attached hydrogens (primary N) is 1. The number of hydrogen-bond donors (Lipinski definition) is 2. The Labute approximate surface area is 95.8 Å². The molecule has 5 heteroatoms. The highest BCUT2D eigenvalue weighted by Gasteiger charge is 2.23. The lowest BCUT2D eigenvalue weighted by molar-refractivity contribution is 0.145. The van der Waals surface area contributed by atoms with Gasteiger partial charge < -0.3 is 15.7 Å². The normalized spacial score (nSPS) is 18.1. The molecule has 1 saturated heterocycles. The Bertz CT molecular complexity index is 366. The third-order valence-corrected chi connectivity index (χ3v) is 3.28. The average Bonchev–Trinajstić information content (AvgIpc) is 2.54. The van der Waals surface area contributed by atoms with Crippen molar-refractivity contribution in [2.75, 3.05) is 18.0 Å². The van der Waals surface area contributed by atoms with Crippen molar-refractivity contribution in [2.45, 2.75) is 32.4 Å². The Morgan fingerprint density at radius 1 is 1.44 bits per heavy atom. The van der Waals surface area contributed by atoms with E-state index in [0.717, 1.165) is 43.0 Å². The van der Waals surface area contributed by atoms with Gasteiger partial charge in [-0.1, -0.05) is 0 Å². The molecule has 1 aromatic rings. The van der Waals surface area contributed by atoms with Gasteiger partial charge in [-0.2, -0.15) is 5.10 Å². The Balaban J connectivity index is 2.25. The summed E-state index contributed by atoms with van der Waals surface area (Å²) in [7, 11) is 1.95. The first-order valence-electron chi connectivity index (χ1n) is 5.79. The number of rotatable bonds is 2. The molecule has 0 spiro atoms. The monoisotopic (exact) mass is 224 g/mol. The zero-order chi connectivity index (χ0) is 11.7. The molecule has 0 aromatic carbocycles. The molecule has 0 aliphatic carbocycles. The van der Waals surface area contributed by atoms with Crippen LogP contribution in [0.5, 0.6) is 0 Å². The predicted octanol–water partition coefficient (Wildman–Crippen LogP) is 0.148. The van der Waals surface area contributed by atoms with Crippen LogP contribution in [-0.4, -0.2) is 34.1 Å². The summed E-state index contributed by atoms with van der Waals surface area (Å²) in [6.07, 6.45) is 1.51. The molecular formula is C11H20N4O. The van der Waals surface area contributed by atoms with Gasteiger partial charge in [0.15, 0.2) is 0 Å². The highest BCUT2D eigenvalue weighted by atomic mass is 16.3. The molecular weight excluding hydrogens is 204 g/mol. The van der Waals surface area contributed by atoms with Gasteiger partial charge in [-0.25, -0.2) is 0 Å². The molecule has 1 aliphatic rings. The van der Waals surface area contributed by atoms with Crippen molar-refractivity contribution in [3.05, 3.63) is 11.3 Å². The Morgan fingerprint density at radius 2 is 2.06 bits per heavy atom. The van der Waals surface area contributed by atoms with Crippen LogP contribution < -0.4 is 10.6 Å². The average molecular weight is 224 g/mol. The smallest absolute Gasteiger partial charge is 0.131 e. The van der Waals surface area contributed by atoms with Gasteiger partial charge in [0.2, 0.25) is 0 Å². The van der Waals surface area contributed by atoms with Crippen LogP contribution in [0.1, 0.15) is 24.1 Å². The van der Waals surface area contributed by atoms with Crippen molar-refractivity contribution in [2.24, 2.45) is 12.8 Å². The fourth-order valence-electron chi connectivity index (χ4n) is 2.40. The lowest BCUT2D eigenvalue weighted by atomic mass is 10.1. The Kier molecular flexibility index (Phi) is 3.16. The van der Waals surface area contributed by atoms with Crippen molar-refractivity contribution in [1.82, 2.24) is 9.78 Å². The quantitative estimate of drug-likeness (QED) is 0.750. The summed E-state index contributed by atoms with van der Waals surface area (Å²) in [5.74, 6) is 1.12. The third-order valence-electron chi connectivity index (χ3n) is 3.28. The van der Waals surface area contributed by atoms with Crippen LogP contribution in [0.15, 0.2) is 0 Å². The first-order chi connectivity index (χ1) is 7.63. The first kappa shape index (κ1) is 11.4. The minimum Gasteiger partial charge on any atom is -0.393 e. The van der Waals surface area contributed by atoms with Gasteiger partial charge in [-0.3, -0.25) is 4.68 Å². The summed E-state index contributed by atoms with van der Waals surface area (Å²) in [5.41, 5.74) is 7.90. The van der Waals surface area contributed by atoms with Crippen LogP contribution in [0.4, 0.5) is 5.82 Å². The Hall–Kier alpha value is -1.07. The van der Waals surface area contributed by atoms with Gasteiger partial charge >= 0.3 is 0 Å². The molecule has 0 amide bonds. The summed E-state index contributed by atoms with van der Waals surface area (Å²) in [6, 6.07) is 0. The number of anilines is 1. The van der Waals surface area contributed by atoms with E-state index >= 15 is 0 Å². The number of nitrogens with zero attached hydrogens (tertiary/aromatic N) is 3. The van der Waals surface area contributed by atoms with Crippen LogP contribution in [0, 0.1) is 6.92 Å². The molecule has 16 heavy (non-hydrogen) atoms. The van der Waals surface area contributed by atoms with E-state index in [1.165, 1.54) is 0 Å². The second-order valence-electron chi connectivity index (χ2n) is 4.43. The molecule has 0 unspecified atom stereocenters. The van der Waals surface area contributed by atoms with Crippen molar-refractivity contribution in [3.63, 3.8) is 0 Å². The van der Waals surface area contributed by atoms with Crippen molar-refractivity contribution in [3.8, 4) is 0 Å². The SMILES string of the molecule is Cc1nn(C)c(N2CCC(O)CC2)c1CN. The summed E-state index contributed by atoms with van der Waals surface area (Å²) < 4.78 is 1.90. The summed E-state index contributed by atoms with van der Waals surface area (Å²) in [6.45, 7) is 4.28. The lowest BCUT2D eigenvalue weighted by Gasteiger charge is -2.31. The fraction of sp³-hybridized carbons (Fsp3) is 0.727. The molecule has 2 heterocycles. The topological polar surface area (TPSA) is 67.3 Å². The third kappa shape index (κ3) is 1.92. The highest BCUT2D eigenvalue weighted by molar-refractivity contribution is 5.50. The minimum absolute atomic E-state index is 0.146. The van der Waals surface area contributed by atoms with Gasteiger partial charge in [0.1, 0.15) is 5.82 Å². The van der Waals surface area contributed by atoms with E-state index in [2.05, 4.69) is 10.00 Å². The van der Waals surface area contributed by atoms with E-state index in [1.54, 1.807) is 0 Å². The van der Waals surface area contributed by atoms with Gasteiger partial charge in [0.25, 0.3) is 0 Å². The largest absolute Gasteiger partial charge is 0.393 e. The van der Waals surface area contributed by atoms with Crippen LogP contribution >= 0.6 is 0 Å². The van der Waals surface area contributed by atoms with Gasteiger partial charge in [0, 0.05) is 32.2 Å². The van der Waals surface area contributed by atoms with E-state index < -0.39 is 0 Å². The molecule has 0 atom stereocenters. The maximum Gasteiger partial charge on any atom is 0.131 e. The first-order valence-corrected chi connectivity index (χ1v) is 5.79. The van der Waals surface area contributed by atoms with Crippen LogP contribution in [-0.2, 0) is 13.6 Å². The van der Waals surface area contributed by atoms with Gasteiger partial charge in [-0.15, -0.1) is 0 Å². The second-order valence-corrected chi connectivity index (χ2v) is 4.43. The molecule has 90 valence electrons. The van der Waals surface area contributed by atoms with Crippen LogP contribution in [0.25, 0.3) is 0 Å². The highest BCUT2D eigenvalue weighted by Crippen LogP contribution is 2.25. The predicted molar refractivity (Wildman–Crippen MR) is 63.3 cm³/mol. The van der Waals surface area contributed by atoms with E-state index in [4.69, 9.17) is 5.73 Å². The fourth-order valence-corrected chi connectivity index (χ4v) is 2.40. The molecule has 1 aromatic heterocycles. The van der Waals surface area contributed by atoms with Crippen molar-refractivity contribution >= 4 is 5.82 Å². The molecule has 0 saturated carbocycles. The molecule has 1 aliphatic heterocycles. The van der Waals surface area contributed by atoms with Crippen LogP contribution in [0.2, 0.25) is 0 Å². The maximum absolute atomic E-state index is 9.50. The zero-order valence-corrected chi connectivity index (χ0v) is 9.98.